The van der Waals surface area contributed by atoms with E-state index >= 15 is 0 Å². The number of nitrogens with one attached hydrogen (secondary N) is 1. The van der Waals surface area contributed by atoms with Crippen LogP contribution in [-0.4, -0.2) is 42.2 Å². The van der Waals surface area contributed by atoms with Crippen molar-refractivity contribution >= 4 is 50.8 Å². The molecule has 3 aromatic rings. The number of ether oxygens (including phenoxy) is 1. The van der Waals surface area contributed by atoms with Crippen LogP contribution in [0.15, 0.2) is 47.8 Å². The van der Waals surface area contributed by atoms with Crippen LogP contribution in [0.5, 0.6) is 0 Å². The molecule has 0 aliphatic carbocycles. The molecular weight excluding hydrogens is 404 g/mol. The van der Waals surface area contributed by atoms with Crippen LogP contribution in [0.2, 0.25) is 0 Å². The molecule has 2 heterocycles. The van der Waals surface area contributed by atoms with Gasteiger partial charge in [0.2, 0.25) is 5.91 Å². The topological polar surface area (TPSA) is 92.8 Å². The highest BCUT2D eigenvalue weighted by atomic mass is 32.1. The first kappa shape index (κ1) is 19.8. The smallest absolute Gasteiger partial charge is 0.340 e. The first-order chi connectivity index (χ1) is 14.5. The Morgan fingerprint density at radius 3 is 2.33 bits per heavy atom. The largest absolute Gasteiger partial charge is 0.465 e. The van der Waals surface area contributed by atoms with Gasteiger partial charge in [0.15, 0.2) is 0 Å². The summed E-state index contributed by atoms with van der Waals surface area (Å²) in [6.45, 7) is 0.129. The molecule has 4 rings (SSSR count). The lowest BCUT2D eigenvalue weighted by molar-refractivity contribution is -0.116. The third-order valence-corrected chi connectivity index (χ3v) is 5.79. The number of benzene rings is 2. The standard InChI is InChI=1S/C22H18N2O5S/c1-29-22(28)16-10-12-30-19(16)23-17(25)9-4-11-24-20(26)14-7-2-5-13-6-3-8-15(18(13)14)21(24)27/h2-3,5-8,10,12H,4,9,11H2,1H3,(H,23,25). The van der Waals surface area contributed by atoms with Gasteiger partial charge in [-0.05, 0) is 35.4 Å². The summed E-state index contributed by atoms with van der Waals surface area (Å²) in [6.07, 6.45) is 0.405. The number of esters is 1. The maximum Gasteiger partial charge on any atom is 0.340 e. The van der Waals surface area contributed by atoms with Crippen LogP contribution in [0.25, 0.3) is 10.8 Å². The zero-order valence-electron chi connectivity index (χ0n) is 16.1. The summed E-state index contributed by atoms with van der Waals surface area (Å²) >= 11 is 1.22. The van der Waals surface area contributed by atoms with Crippen LogP contribution in [-0.2, 0) is 9.53 Å². The van der Waals surface area contributed by atoms with Gasteiger partial charge in [-0.15, -0.1) is 11.3 Å². The van der Waals surface area contributed by atoms with E-state index in [4.69, 9.17) is 0 Å². The van der Waals surface area contributed by atoms with E-state index in [0.717, 1.165) is 5.39 Å². The van der Waals surface area contributed by atoms with Gasteiger partial charge < -0.3 is 10.1 Å². The highest BCUT2D eigenvalue weighted by Gasteiger charge is 2.32. The molecule has 3 amide bonds. The first-order valence-corrected chi connectivity index (χ1v) is 10.2. The molecule has 0 saturated carbocycles. The number of thiophene rings is 1. The molecule has 0 atom stereocenters. The Morgan fingerprint density at radius 2 is 1.70 bits per heavy atom. The van der Waals surface area contributed by atoms with E-state index in [2.05, 4.69) is 10.1 Å². The Morgan fingerprint density at radius 1 is 1.03 bits per heavy atom. The minimum atomic E-state index is -0.524. The van der Waals surface area contributed by atoms with Crippen LogP contribution >= 0.6 is 11.3 Å². The van der Waals surface area contributed by atoms with Crippen LogP contribution in [0, 0.1) is 0 Å². The maximum atomic E-state index is 12.9. The van der Waals surface area contributed by atoms with E-state index in [1.807, 2.05) is 12.1 Å². The number of anilines is 1. The number of methoxy groups -OCH3 is 1. The lowest BCUT2D eigenvalue weighted by Gasteiger charge is -2.27. The summed E-state index contributed by atoms with van der Waals surface area (Å²) in [5.41, 5.74) is 1.28. The van der Waals surface area contributed by atoms with Gasteiger partial charge in [0, 0.05) is 29.5 Å². The maximum absolute atomic E-state index is 12.9. The molecule has 2 aromatic carbocycles. The summed E-state index contributed by atoms with van der Waals surface area (Å²) in [7, 11) is 1.27. The number of amides is 3. The quantitative estimate of drug-likeness (QED) is 0.483. The number of carbonyl (C=O) groups excluding carboxylic acids is 4. The number of carbonyl (C=O) groups is 4. The van der Waals surface area contributed by atoms with E-state index in [9.17, 15) is 19.2 Å². The van der Waals surface area contributed by atoms with Gasteiger partial charge in [0.1, 0.15) is 5.00 Å². The third-order valence-electron chi connectivity index (χ3n) is 4.96. The molecule has 152 valence electrons. The molecule has 7 nitrogen and oxygen atoms in total. The lowest BCUT2D eigenvalue weighted by atomic mass is 9.94. The van der Waals surface area contributed by atoms with Crippen molar-refractivity contribution in [2.45, 2.75) is 12.8 Å². The normalized spacial score (nSPS) is 12.9. The molecule has 1 aliphatic heterocycles. The molecular formula is C22H18N2O5S. The van der Waals surface area contributed by atoms with Gasteiger partial charge >= 0.3 is 5.97 Å². The summed E-state index contributed by atoms with van der Waals surface area (Å²) in [5, 5.41) is 6.32. The first-order valence-electron chi connectivity index (χ1n) is 9.35. The van der Waals surface area contributed by atoms with Gasteiger partial charge in [-0.3, -0.25) is 19.3 Å². The Balaban J connectivity index is 1.42. The van der Waals surface area contributed by atoms with E-state index in [1.165, 1.54) is 23.3 Å². The summed E-state index contributed by atoms with van der Waals surface area (Å²) in [6, 6.07) is 12.3. The van der Waals surface area contributed by atoms with Gasteiger partial charge in [0.25, 0.3) is 11.8 Å². The average molecular weight is 422 g/mol. The molecule has 8 heteroatoms. The third kappa shape index (κ3) is 3.46. The van der Waals surface area contributed by atoms with Crippen LogP contribution in [0.3, 0.4) is 0 Å². The number of rotatable bonds is 6. The van der Waals surface area contributed by atoms with Crippen molar-refractivity contribution in [1.82, 2.24) is 4.90 Å². The van der Waals surface area contributed by atoms with E-state index in [0.29, 0.717) is 33.5 Å². The predicted molar refractivity (Wildman–Crippen MR) is 113 cm³/mol. The molecule has 0 bridgehead atoms. The fourth-order valence-corrected chi connectivity index (χ4v) is 4.34. The van der Waals surface area contributed by atoms with E-state index in [-0.39, 0.29) is 30.7 Å². The predicted octanol–water partition coefficient (Wildman–Crippen LogP) is 3.70. The number of imide groups is 1. The van der Waals surface area contributed by atoms with Gasteiger partial charge in [-0.2, -0.15) is 0 Å². The van der Waals surface area contributed by atoms with Gasteiger partial charge in [-0.1, -0.05) is 24.3 Å². The molecule has 0 spiro atoms. The molecule has 0 radical (unpaired) electrons. The second-order valence-corrected chi connectivity index (χ2v) is 7.69. The van der Waals surface area contributed by atoms with Crippen molar-refractivity contribution in [2.24, 2.45) is 0 Å². The lowest BCUT2D eigenvalue weighted by Crippen LogP contribution is -2.41. The molecule has 0 saturated heterocycles. The fraction of sp³-hybridized carbons (Fsp3) is 0.182. The number of hydrogen-bond donors (Lipinski definition) is 1. The SMILES string of the molecule is COC(=O)c1ccsc1NC(=O)CCCN1C(=O)c2cccc3cccc(c23)C1=O. The second kappa shape index (κ2) is 8.08. The van der Waals surface area contributed by atoms with E-state index < -0.39 is 5.97 Å². The number of nitrogens with zero attached hydrogens (tertiary/aromatic N) is 1. The highest BCUT2D eigenvalue weighted by Crippen LogP contribution is 2.30. The van der Waals surface area contributed by atoms with Crippen molar-refractivity contribution in [3.8, 4) is 0 Å². The van der Waals surface area contributed by atoms with Crippen LogP contribution < -0.4 is 5.32 Å². The summed E-state index contributed by atoms with van der Waals surface area (Å²) in [4.78, 5) is 50.9. The Kier molecular flexibility index (Phi) is 5.33. The molecule has 0 unspecified atom stereocenters. The van der Waals surface area contributed by atoms with Crippen molar-refractivity contribution < 1.29 is 23.9 Å². The molecule has 30 heavy (non-hydrogen) atoms. The molecule has 0 fully saturated rings. The monoisotopic (exact) mass is 422 g/mol. The van der Waals surface area contributed by atoms with Crippen molar-refractivity contribution in [1.29, 1.82) is 0 Å². The van der Waals surface area contributed by atoms with Gasteiger partial charge in [0.05, 0.1) is 12.7 Å². The fourth-order valence-electron chi connectivity index (χ4n) is 3.55. The van der Waals surface area contributed by atoms with Gasteiger partial charge in [-0.25, -0.2) is 4.79 Å². The highest BCUT2D eigenvalue weighted by molar-refractivity contribution is 7.14. The Hall–Kier alpha value is -3.52. The van der Waals surface area contributed by atoms with Crippen molar-refractivity contribution in [3.63, 3.8) is 0 Å². The van der Waals surface area contributed by atoms with Crippen molar-refractivity contribution in [2.75, 3.05) is 19.0 Å². The Bertz CT molecular complexity index is 1130. The zero-order chi connectivity index (χ0) is 21.3. The van der Waals surface area contributed by atoms with E-state index in [1.54, 1.807) is 35.7 Å². The molecule has 1 N–H and O–H groups in total. The summed E-state index contributed by atoms with van der Waals surface area (Å²) in [5.74, 6) is -1.53. The Labute approximate surface area is 176 Å². The zero-order valence-corrected chi connectivity index (χ0v) is 17.0. The second-order valence-electron chi connectivity index (χ2n) is 6.78. The average Bonchev–Trinajstić information content (AvgIpc) is 3.21. The van der Waals surface area contributed by atoms with Crippen LogP contribution in [0.1, 0.15) is 43.9 Å². The molecule has 1 aliphatic rings. The minimum absolute atomic E-state index is 0.0986. The minimum Gasteiger partial charge on any atom is -0.465 e. The number of hydrogen-bond acceptors (Lipinski definition) is 6. The van der Waals surface area contributed by atoms with Crippen LogP contribution in [0.4, 0.5) is 5.00 Å². The summed E-state index contributed by atoms with van der Waals surface area (Å²) < 4.78 is 4.69. The molecule has 1 aromatic heterocycles. The van der Waals surface area contributed by atoms with Crippen molar-refractivity contribution in [3.05, 3.63) is 64.5 Å².